The van der Waals surface area contributed by atoms with E-state index < -0.39 is 94.8 Å². The highest BCUT2D eigenvalue weighted by molar-refractivity contribution is 5.92. The molecule has 0 saturated carbocycles. The number of aromatic hydroxyl groups is 7. The van der Waals surface area contributed by atoms with E-state index in [1.165, 1.54) is 24.3 Å². The number of carbonyl (C=O) groups excluding carboxylic acids is 2. The van der Waals surface area contributed by atoms with E-state index >= 15 is 0 Å². The molecule has 270 valence electrons. The summed E-state index contributed by atoms with van der Waals surface area (Å²) < 4.78 is 16.5. The number of phenolic OH excluding ortho intramolecular Hbond substituents is 7. The SMILES string of the molecule is O=C(C=Cc1ccc(O)c2c1C(C(=O)OC(Cc1ccc(O)c(O)c1)C(=O)O)C(c1ccc(O)c(O)c1)O2)OC(Cc1ccc(O)c(O)c1)C(=O)O. The molecule has 0 aliphatic carbocycles. The van der Waals surface area contributed by atoms with Gasteiger partial charge in [0.05, 0.1) is 0 Å². The van der Waals surface area contributed by atoms with Gasteiger partial charge >= 0.3 is 23.9 Å². The van der Waals surface area contributed by atoms with Gasteiger partial charge in [-0.05, 0) is 70.8 Å². The number of carbonyl (C=O) groups is 4. The maximum atomic E-state index is 13.9. The maximum Gasteiger partial charge on any atom is 0.345 e. The molecule has 52 heavy (non-hydrogen) atoms. The third kappa shape index (κ3) is 7.86. The second-order valence-corrected chi connectivity index (χ2v) is 11.6. The molecule has 9 N–H and O–H groups in total. The van der Waals surface area contributed by atoms with Crippen LogP contribution in [0.5, 0.6) is 46.0 Å². The average molecular weight is 719 g/mol. The second-order valence-electron chi connectivity index (χ2n) is 11.6. The Hall–Kier alpha value is -7.10. The zero-order chi connectivity index (χ0) is 37.9. The van der Waals surface area contributed by atoms with Gasteiger partial charge in [0.15, 0.2) is 46.0 Å². The van der Waals surface area contributed by atoms with E-state index in [0.717, 1.165) is 54.6 Å². The van der Waals surface area contributed by atoms with Crippen LogP contribution in [0.15, 0.2) is 72.8 Å². The zero-order valence-corrected chi connectivity index (χ0v) is 26.6. The number of fused-ring (bicyclic) bond motifs is 1. The van der Waals surface area contributed by atoms with Crippen LogP contribution in [-0.2, 0) is 41.5 Å². The van der Waals surface area contributed by atoms with Gasteiger partial charge in [0, 0.05) is 24.5 Å². The summed E-state index contributed by atoms with van der Waals surface area (Å²) in [7, 11) is 0. The predicted octanol–water partition coefficient (Wildman–Crippen LogP) is 3.33. The van der Waals surface area contributed by atoms with Gasteiger partial charge in [-0.3, -0.25) is 4.79 Å². The molecule has 0 bridgehead atoms. The highest BCUT2D eigenvalue weighted by Crippen LogP contribution is 2.53. The first kappa shape index (κ1) is 36.2. The number of hydrogen-bond acceptors (Lipinski definition) is 14. The van der Waals surface area contributed by atoms with Crippen molar-refractivity contribution in [2.75, 3.05) is 0 Å². The molecule has 1 aliphatic rings. The molecule has 16 nitrogen and oxygen atoms in total. The summed E-state index contributed by atoms with van der Waals surface area (Å²) in [6.45, 7) is 0. The van der Waals surface area contributed by atoms with E-state index in [1.54, 1.807) is 0 Å². The summed E-state index contributed by atoms with van der Waals surface area (Å²) in [6, 6.07) is 13.0. The molecule has 0 radical (unpaired) electrons. The van der Waals surface area contributed by atoms with Crippen molar-refractivity contribution in [1.82, 2.24) is 0 Å². The second kappa shape index (κ2) is 14.8. The van der Waals surface area contributed by atoms with E-state index in [9.17, 15) is 65.1 Å². The van der Waals surface area contributed by atoms with Gasteiger partial charge in [0.25, 0.3) is 0 Å². The fraction of sp³-hybridized carbons (Fsp3) is 0.167. The van der Waals surface area contributed by atoms with Crippen molar-refractivity contribution >= 4 is 30.0 Å². The molecular formula is C36H30O16. The zero-order valence-electron chi connectivity index (χ0n) is 26.6. The molecular weight excluding hydrogens is 688 g/mol. The summed E-state index contributed by atoms with van der Waals surface area (Å²) >= 11 is 0. The maximum absolute atomic E-state index is 13.9. The Morgan fingerprint density at radius 1 is 0.635 bits per heavy atom. The monoisotopic (exact) mass is 718 g/mol. The molecule has 0 aromatic heterocycles. The first-order valence-electron chi connectivity index (χ1n) is 15.2. The predicted molar refractivity (Wildman–Crippen MR) is 175 cm³/mol. The Kier molecular flexibility index (Phi) is 10.3. The first-order valence-corrected chi connectivity index (χ1v) is 15.2. The fourth-order valence-electron chi connectivity index (χ4n) is 5.49. The van der Waals surface area contributed by atoms with Crippen molar-refractivity contribution in [1.29, 1.82) is 0 Å². The Bertz CT molecular complexity index is 2090. The van der Waals surface area contributed by atoms with Crippen LogP contribution in [0.4, 0.5) is 0 Å². The molecule has 1 heterocycles. The number of carboxylic acid groups (broad SMARTS) is 2. The van der Waals surface area contributed by atoms with E-state index in [2.05, 4.69) is 0 Å². The van der Waals surface area contributed by atoms with Crippen molar-refractivity contribution in [3.63, 3.8) is 0 Å². The van der Waals surface area contributed by atoms with Crippen molar-refractivity contribution in [2.24, 2.45) is 0 Å². The normalized spacial score (nSPS) is 16.0. The molecule has 0 spiro atoms. The lowest BCUT2D eigenvalue weighted by molar-refractivity contribution is -0.166. The topological polar surface area (TPSA) is 278 Å². The third-order valence-corrected chi connectivity index (χ3v) is 8.04. The number of hydrogen-bond donors (Lipinski definition) is 9. The number of aliphatic carboxylic acids is 2. The highest BCUT2D eigenvalue weighted by Gasteiger charge is 2.46. The summed E-state index contributed by atoms with van der Waals surface area (Å²) in [5.41, 5.74) is 0.445. The van der Waals surface area contributed by atoms with Crippen LogP contribution in [0.1, 0.15) is 39.8 Å². The van der Waals surface area contributed by atoms with Gasteiger partial charge in [-0.25, -0.2) is 14.4 Å². The molecule has 16 heteroatoms. The number of rotatable bonds is 12. The quantitative estimate of drug-likeness (QED) is 0.0577. The van der Waals surface area contributed by atoms with E-state index in [0.29, 0.717) is 0 Å². The Morgan fingerprint density at radius 2 is 1.13 bits per heavy atom. The van der Waals surface area contributed by atoms with Crippen molar-refractivity contribution in [3.05, 3.63) is 101 Å². The van der Waals surface area contributed by atoms with Gasteiger partial charge < -0.3 is 60.2 Å². The molecule has 4 unspecified atom stereocenters. The van der Waals surface area contributed by atoms with Gasteiger partial charge in [-0.2, -0.15) is 0 Å². The lowest BCUT2D eigenvalue weighted by Crippen LogP contribution is -2.33. The number of esters is 2. The van der Waals surface area contributed by atoms with Crippen LogP contribution in [-0.4, -0.2) is 82.0 Å². The molecule has 0 saturated heterocycles. The van der Waals surface area contributed by atoms with Crippen LogP contribution in [0.3, 0.4) is 0 Å². The van der Waals surface area contributed by atoms with Crippen LogP contribution in [0, 0.1) is 0 Å². The lowest BCUT2D eigenvalue weighted by Gasteiger charge is -2.22. The molecule has 4 aromatic carbocycles. The largest absolute Gasteiger partial charge is 0.504 e. The average Bonchev–Trinajstić information content (AvgIpc) is 3.50. The van der Waals surface area contributed by atoms with Crippen LogP contribution in [0.2, 0.25) is 0 Å². The lowest BCUT2D eigenvalue weighted by atomic mass is 9.87. The molecule has 4 atom stereocenters. The Morgan fingerprint density at radius 3 is 1.65 bits per heavy atom. The van der Waals surface area contributed by atoms with E-state index in [-0.39, 0.29) is 40.0 Å². The number of ether oxygens (including phenoxy) is 3. The first-order chi connectivity index (χ1) is 24.6. The minimum Gasteiger partial charge on any atom is -0.504 e. The summed E-state index contributed by atoms with van der Waals surface area (Å²) in [5.74, 6) is -10.8. The number of carboxylic acids is 2. The molecule has 4 aromatic rings. The molecule has 0 amide bonds. The number of phenols is 7. The van der Waals surface area contributed by atoms with Crippen LogP contribution < -0.4 is 4.74 Å². The minimum atomic E-state index is -1.84. The van der Waals surface area contributed by atoms with Gasteiger partial charge in [-0.15, -0.1) is 0 Å². The third-order valence-electron chi connectivity index (χ3n) is 8.04. The van der Waals surface area contributed by atoms with Crippen molar-refractivity contribution in [2.45, 2.75) is 37.1 Å². The van der Waals surface area contributed by atoms with E-state index in [4.69, 9.17) is 14.2 Å². The van der Waals surface area contributed by atoms with Crippen LogP contribution in [0.25, 0.3) is 6.08 Å². The summed E-state index contributed by atoms with van der Waals surface area (Å²) in [6.07, 6.45) is -3.85. The number of benzene rings is 4. The highest BCUT2D eigenvalue weighted by atomic mass is 16.6. The van der Waals surface area contributed by atoms with Gasteiger partial charge in [-0.1, -0.05) is 24.3 Å². The standard InChI is InChI=1S/C36H30O16/c37-20-6-1-16(11-24(20)41)13-27(34(45)46)50-29(44)10-5-18-3-9-23(40)33-30(18)31(32(52-33)19-4-8-22(39)26(43)15-19)36(49)51-28(35(47)48)14-17-2-7-21(38)25(42)12-17/h1-12,15,27-28,31-32,37-43H,13-14H2,(H,45,46)(H,47,48). The van der Waals surface area contributed by atoms with Gasteiger partial charge in [0.1, 0.15) is 12.0 Å². The molecule has 5 rings (SSSR count). The minimum absolute atomic E-state index is 0.0443. The Balaban J connectivity index is 1.47. The fourth-order valence-corrected chi connectivity index (χ4v) is 5.49. The molecule has 1 aliphatic heterocycles. The Labute approximate surface area is 292 Å². The summed E-state index contributed by atoms with van der Waals surface area (Å²) in [4.78, 5) is 50.9. The molecule has 0 fully saturated rings. The van der Waals surface area contributed by atoms with Crippen LogP contribution >= 0.6 is 0 Å². The smallest absolute Gasteiger partial charge is 0.345 e. The van der Waals surface area contributed by atoms with Crippen molar-refractivity contribution in [3.8, 4) is 46.0 Å². The van der Waals surface area contributed by atoms with Gasteiger partial charge in [0.2, 0.25) is 12.2 Å². The summed E-state index contributed by atoms with van der Waals surface area (Å²) in [5, 5.41) is 89.1. The van der Waals surface area contributed by atoms with E-state index in [1.807, 2.05) is 0 Å². The van der Waals surface area contributed by atoms with Crippen molar-refractivity contribution < 1.29 is 79.3 Å².